The molecule has 0 unspecified atom stereocenters. The highest BCUT2D eigenvalue weighted by Gasteiger charge is 2.22. The number of aromatic nitrogens is 5. The Balaban J connectivity index is 0.00000131. The smallest absolute Gasteiger partial charge is 0.272 e. The third kappa shape index (κ3) is 8.19. The zero-order chi connectivity index (χ0) is 31.5. The number of nitrogens with zero attached hydrogens (tertiary/aromatic N) is 6. The quantitative estimate of drug-likeness (QED) is 0.246. The third-order valence-electron chi connectivity index (χ3n) is 5.82. The number of benzene rings is 1. The summed E-state index contributed by atoms with van der Waals surface area (Å²) in [6, 6.07) is 5.25. The number of hydrogen-bond acceptors (Lipinski definition) is 7. The van der Waals surface area contributed by atoms with Gasteiger partial charge in [-0.3, -0.25) is 4.79 Å². The first-order valence-corrected chi connectivity index (χ1v) is 12.9. The molecule has 3 N–H and O–H groups in total. The summed E-state index contributed by atoms with van der Waals surface area (Å²) >= 11 is 0. The summed E-state index contributed by atoms with van der Waals surface area (Å²) in [7, 11) is 1.70. The van der Waals surface area contributed by atoms with Crippen molar-refractivity contribution in [3.63, 3.8) is 0 Å². The highest BCUT2D eigenvalue weighted by Crippen LogP contribution is 2.24. The van der Waals surface area contributed by atoms with Crippen LogP contribution in [0.25, 0.3) is 16.6 Å². The average Bonchev–Trinajstić information content (AvgIpc) is 3.39. The molecule has 0 saturated carbocycles. The first kappa shape index (κ1) is 34.4. The molecule has 4 rings (SSSR count). The van der Waals surface area contributed by atoms with Gasteiger partial charge in [-0.2, -0.15) is 4.52 Å². The van der Waals surface area contributed by atoms with E-state index in [-0.39, 0.29) is 28.4 Å². The fourth-order valence-electron chi connectivity index (χ4n) is 4.06. The van der Waals surface area contributed by atoms with Crippen molar-refractivity contribution in [1.82, 2.24) is 29.5 Å². The number of unbranched alkanes of at least 4 members (excludes halogenated alkanes) is 1. The first-order chi connectivity index (χ1) is 19.5. The van der Waals surface area contributed by atoms with Gasteiger partial charge in [0.15, 0.2) is 17.3 Å². The van der Waals surface area contributed by atoms with Crippen molar-refractivity contribution in [2.75, 3.05) is 19.3 Å². The van der Waals surface area contributed by atoms with Gasteiger partial charge in [-0.25, -0.2) is 23.7 Å². The number of anilines is 1. The summed E-state index contributed by atoms with van der Waals surface area (Å²) < 4.78 is 29.1. The molecule has 0 atom stereocenters. The number of amides is 1. The number of carbonyl (C=O) groups is 1. The van der Waals surface area contributed by atoms with E-state index >= 15 is 0 Å². The summed E-state index contributed by atoms with van der Waals surface area (Å²) in [6.45, 7) is 9.60. The second-order valence-electron chi connectivity index (χ2n) is 9.09. The zero-order valence-electron chi connectivity index (χ0n) is 24.3. The molecule has 4 aromatic rings. The van der Waals surface area contributed by atoms with Crippen molar-refractivity contribution in [3.05, 3.63) is 58.7 Å². The fraction of sp³-hybridized carbons (Fsp3) is 0.367. The molecule has 11 heteroatoms. The summed E-state index contributed by atoms with van der Waals surface area (Å²) in [5.41, 5.74) is 6.63. The van der Waals surface area contributed by atoms with Crippen LogP contribution in [0.2, 0.25) is 0 Å². The highest BCUT2D eigenvalue weighted by atomic mass is 19.1. The summed E-state index contributed by atoms with van der Waals surface area (Å²) in [4.78, 5) is 27.1. The molecular weight excluding hydrogens is 528 g/mol. The molecule has 1 aromatic carbocycles. The Labute approximate surface area is 239 Å². The van der Waals surface area contributed by atoms with Crippen LogP contribution in [0.15, 0.2) is 24.3 Å². The van der Waals surface area contributed by atoms with Crippen LogP contribution in [0, 0.1) is 44.3 Å². The Morgan fingerprint density at radius 2 is 1.71 bits per heavy atom. The Morgan fingerprint density at radius 3 is 2.29 bits per heavy atom. The van der Waals surface area contributed by atoms with Crippen LogP contribution >= 0.6 is 0 Å². The zero-order valence-corrected chi connectivity index (χ0v) is 24.3. The number of rotatable bonds is 7. The number of carbonyl (C=O) groups excluding carboxylic acids is 1. The van der Waals surface area contributed by atoms with Gasteiger partial charge in [0.2, 0.25) is 5.95 Å². The van der Waals surface area contributed by atoms with Crippen molar-refractivity contribution < 1.29 is 18.7 Å². The van der Waals surface area contributed by atoms with E-state index in [1.165, 1.54) is 4.52 Å². The van der Waals surface area contributed by atoms with E-state index in [0.29, 0.717) is 48.6 Å². The maximum atomic E-state index is 14.1. The maximum absolute atomic E-state index is 14.1. The Morgan fingerprint density at radius 1 is 1.07 bits per heavy atom. The van der Waals surface area contributed by atoms with Crippen LogP contribution in [0.5, 0.6) is 0 Å². The molecule has 0 bridgehead atoms. The van der Waals surface area contributed by atoms with E-state index in [1.54, 1.807) is 44.9 Å². The van der Waals surface area contributed by atoms with Gasteiger partial charge in [0.1, 0.15) is 17.0 Å². The largest absolute Gasteiger partial charge is 0.386 e. The molecular formula is C30H37F2N7O2. The molecule has 0 saturated heterocycles. The lowest BCUT2D eigenvalue weighted by Gasteiger charge is -2.21. The monoisotopic (exact) mass is 565 g/mol. The minimum absolute atomic E-state index is 0.0412. The van der Waals surface area contributed by atoms with Crippen LogP contribution in [0.1, 0.15) is 68.1 Å². The number of pyridine rings is 1. The van der Waals surface area contributed by atoms with E-state index in [0.717, 1.165) is 12.1 Å². The lowest BCUT2D eigenvalue weighted by molar-refractivity contribution is 0.0755. The number of fused-ring (bicyclic) bond motifs is 3. The molecule has 0 aliphatic heterocycles. The number of aryl methyl sites for hydroxylation is 2. The number of hydrogen-bond donors (Lipinski definition) is 2. The van der Waals surface area contributed by atoms with Gasteiger partial charge in [-0.15, -0.1) is 30.8 Å². The van der Waals surface area contributed by atoms with Crippen molar-refractivity contribution >= 4 is 28.4 Å². The molecule has 1 amide bonds. The molecule has 41 heavy (non-hydrogen) atoms. The molecule has 0 spiro atoms. The maximum Gasteiger partial charge on any atom is 0.272 e. The van der Waals surface area contributed by atoms with Crippen molar-refractivity contribution in [3.8, 4) is 25.7 Å². The number of nitrogen functional groups attached to an aromatic ring is 1. The van der Waals surface area contributed by atoms with Gasteiger partial charge in [-0.05, 0) is 45.7 Å². The van der Waals surface area contributed by atoms with Crippen molar-refractivity contribution in [2.45, 2.75) is 59.5 Å². The van der Waals surface area contributed by atoms with Crippen molar-refractivity contribution in [2.24, 2.45) is 0 Å². The molecule has 218 valence electrons. The Hall–Kier alpha value is -4.61. The molecule has 3 aromatic heterocycles. The minimum atomic E-state index is -1.04. The molecule has 0 aliphatic rings. The average molecular weight is 566 g/mol. The molecule has 0 radical (unpaired) electrons. The molecule has 9 nitrogen and oxygen atoms in total. The van der Waals surface area contributed by atoms with Crippen LogP contribution in [-0.2, 0) is 12.0 Å². The standard InChI is InChI=1S/C24H27F2N7O2.C2H6.2C2H2/c1-13-16(24(2,3)35)8-9-18(28-13)22(34)32(4)10-6-5-7-19-29-21-15-11-14(25)12-17(26)20(15)30-23(27)33(21)31-19;3*1-2/h8-9,11-12,35H,5-7,10H2,1-4H3,(H2,27,30);1-2H3;2*1-2H. The highest BCUT2D eigenvalue weighted by molar-refractivity contribution is 5.93. The van der Waals surface area contributed by atoms with E-state index < -0.39 is 17.2 Å². The number of aliphatic hydroxyl groups is 1. The van der Waals surface area contributed by atoms with Crippen LogP contribution in [0.4, 0.5) is 14.7 Å². The number of halogens is 2. The van der Waals surface area contributed by atoms with Gasteiger partial charge >= 0.3 is 0 Å². The first-order valence-electron chi connectivity index (χ1n) is 12.9. The summed E-state index contributed by atoms with van der Waals surface area (Å²) in [6.07, 6.45) is 17.8. The molecule has 3 heterocycles. The van der Waals surface area contributed by atoms with E-state index in [1.807, 2.05) is 13.8 Å². The fourth-order valence-corrected chi connectivity index (χ4v) is 4.06. The predicted octanol–water partition coefficient (Wildman–Crippen LogP) is 4.69. The van der Waals surface area contributed by atoms with Crippen LogP contribution in [-0.4, -0.2) is 54.1 Å². The summed E-state index contributed by atoms with van der Waals surface area (Å²) in [5.74, 6) is -1.34. The van der Waals surface area contributed by atoms with Gasteiger partial charge in [0, 0.05) is 37.3 Å². The Kier molecular flexibility index (Phi) is 12.8. The van der Waals surface area contributed by atoms with E-state index in [2.05, 4.69) is 45.7 Å². The van der Waals surface area contributed by atoms with Crippen LogP contribution in [0.3, 0.4) is 0 Å². The second kappa shape index (κ2) is 15.2. The number of terminal acetylenes is 2. The lowest BCUT2D eigenvalue weighted by atomic mass is 9.97. The van der Waals surface area contributed by atoms with Crippen molar-refractivity contribution in [1.29, 1.82) is 0 Å². The van der Waals surface area contributed by atoms with E-state index in [4.69, 9.17) is 5.73 Å². The lowest BCUT2D eigenvalue weighted by Crippen LogP contribution is -2.29. The van der Waals surface area contributed by atoms with Gasteiger partial charge in [0.05, 0.1) is 11.0 Å². The van der Waals surface area contributed by atoms with Crippen LogP contribution < -0.4 is 5.73 Å². The summed E-state index contributed by atoms with van der Waals surface area (Å²) in [5, 5.41) is 14.7. The van der Waals surface area contributed by atoms with E-state index in [9.17, 15) is 18.7 Å². The SMILES string of the molecule is C#C.C#C.CC.Cc1nc(C(=O)N(C)CCCCc2nc3c4cc(F)cc(F)c4nc(N)n3n2)ccc1C(C)(C)O. The second-order valence-corrected chi connectivity index (χ2v) is 9.09. The molecule has 0 fully saturated rings. The minimum Gasteiger partial charge on any atom is -0.386 e. The van der Waals surface area contributed by atoms with Gasteiger partial charge < -0.3 is 15.7 Å². The van der Waals surface area contributed by atoms with Gasteiger partial charge in [-0.1, -0.05) is 19.9 Å². The van der Waals surface area contributed by atoms with Gasteiger partial charge in [0.25, 0.3) is 5.91 Å². The third-order valence-corrected chi connectivity index (χ3v) is 5.82. The number of nitrogens with two attached hydrogens (primary N) is 1. The normalized spacial score (nSPS) is 10.5. The molecule has 0 aliphatic carbocycles. The Bertz CT molecular complexity index is 1520. The topological polar surface area (TPSA) is 123 Å². The predicted molar refractivity (Wildman–Crippen MR) is 158 cm³/mol.